The second-order valence-corrected chi connectivity index (χ2v) is 5.96. The summed E-state index contributed by atoms with van der Waals surface area (Å²) >= 11 is 0. The van der Waals surface area contributed by atoms with Crippen LogP contribution in [-0.2, 0) is 14.3 Å². The summed E-state index contributed by atoms with van der Waals surface area (Å²) in [6.07, 6.45) is 5.34. The number of rotatable bonds is 4. The van der Waals surface area contributed by atoms with Crippen molar-refractivity contribution in [2.75, 3.05) is 19.7 Å². The zero-order valence-corrected chi connectivity index (χ0v) is 11.6. The van der Waals surface area contributed by atoms with Gasteiger partial charge in [0.25, 0.3) is 0 Å². The van der Waals surface area contributed by atoms with Crippen LogP contribution in [0.3, 0.4) is 0 Å². The van der Waals surface area contributed by atoms with Gasteiger partial charge in [-0.05, 0) is 39.0 Å². The summed E-state index contributed by atoms with van der Waals surface area (Å²) in [5, 5.41) is 9.15. The molecule has 19 heavy (non-hydrogen) atoms. The Labute approximate surface area is 113 Å². The molecule has 2 atom stereocenters. The third-order valence-electron chi connectivity index (χ3n) is 4.30. The fourth-order valence-electron chi connectivity index (χ4n) is 2.83. The number of hydrogen-bond donors (Lipinski definition) is 1. The second-order valence-electron chi connectivity index (χ2n) is 5.96. The van der Waals surface area contributed by atoms with Gasteiger partial charge in [0.15, 0.2) is 0 Å². The highest BCUT2D eigenvalue weighted by Gasteiger charge is 2.41. The first-order valence-electron chi connectivity index (χ1n) is 7.14. The SMILES string of the molecule is C[C@@]1(C(=O)O)CCN(C(=O)CC[C@H]2CCCCO2)C1. The maximum atomic E-state index is 12.1. The van der Waals surface area contributed by atoms with Crippen LogP contribution >= 0.6 is 0 Å². The van der Waals surface area contributed by atoms with Crippen molar-refractivity contribution in [1.82, 2.24) is 4.90 Å². The molecule has 0 spiro atoms. The van der Waals surface area contributed by atoms with Crippen LogP contribution < -0.4 is 0 Å². The molecule has 0 bridgehead atoms. The number of carbonyl (C=O) groups excluding carboxylic acids is 1. The summed E-state index contributed by atoms with van der Waals surface area (Å²) in [5.74, 6) is -0.738. The van der Waals surface area contributed by atoms with Gasteiger partial charge in [-0.1, -0.05) is 0 Å². The van der Waals surface area contributed by atoms with Crippen molar-refractivity contribution < 1.29 is 19.4 Å². The van der Waals surface area contributed by atoms with Crippen molar-refractivity contribution in [3.63, 3.8) is 0 Å². The molecule has 0 aromatic carbocycles. The zero-order valence-electron chi connectivity index (χ0n) is 11.6. The molecule has 0 unspecified atom stereocenters. The molecular weight excluding hydrogens is 246 g/mol. The van der Waals surface area contributed by atoms with E-state index in [1.165, 1.54) is 6.42 Å². The average molecular weight is 269 g/mol. The first kappa shape index (κ1) is 14.3. The third-order valence-corrected chi connectivity index (χ3v) is 4.30. The molecule has 2 saturated heterocycles. The first-order valence-corrected chi connectivity index (χ1v) is 7.14. The van der Waals surface area contributed by atoms with Crippen molar-refractivity contribution >= 4 is 11.9 Å². The second kappa shape index (κ2) is 5.90. The largest absolute Gasteiger partial charge is 0.481 e. The lowest BCUT2D eigenvalue weighted by atomic mass is 9.90. The van der Waals surface area contributed by atoms with E-state index >= 15 is 0 Å². The van der Waals surface area contributed by atoms with Crippen molar-refractivity contribution in [2.45, 2.75) is 51.6 Å². The monoisotopic (exact) mass is 269 g/mol. The van der Waals surface area contributed by atoms with Crippen molar-refractivity contribution in [1.29, 1.82) is 0 Å². The summed E-state index contributed by atoms with van der Waals surface area (Å²) < 4.78 is 5.61. The highest BCUT2D eigenvalue weighted by Crippen LogP contribution is 2.30. The van der Waals surface area contributed by atoms with Crippen LogP contribution in [0.1, 0.15) is 45.4 Å². The highest BCUT2D eigenvalue weighted by atomic mass is 16.5. The molecule has 2 rings (SSSR count). The Morgan fingerprint density at radius 1 is 1.42 bits per heavy atom. The van der Waals surface area contributed by atoms with Crippen LogP contribution in [0.15, 0.2) is 0 Å². The topological polar surface area (TPSA) is 66.8 Å². The Bertz CT molecular complexity index is 351. The van der Waals surface area contributed by atoms with Gasteiger partial charge in [0.05, 0.1) is 11.5 Å². The summed E-state index contributed by atoms with van der Waals surface area (Å²) in [7, 11) is 0. The molecule has 0 aromatic rings. The molecule has 0 radical (unpaired) electrons. The maximum Gasteiger partial charge on any atom is 0.311 e. The van der Waals surface area contributed by atoms with Crippen molar-refractivity contribution in [2.24, 2.45) is 5.41 Å². The van der Waals surface area contributed by atoms with Gasteiger partial charge in [0.2, 0.25) is 5.91 Å². The van der Waals surface area contributed by atoms with Crippen LogP contribution in [0, 0.1) is 5.41 Å². The predicted molar refractivity (Wildman–Crippen MR) is 69.8 cm³/mol. The van der Waals surface area contributed by atoms with E-state index in [-0.39, 0.29) is 12.0 Å². The number of carbonyl (C=O) groups is 2. The van der Waals surface area contributed by atoms with E-state index in [1.807, 2.05) is 0 Å². The molecule has 0 aliphatic carbocycles. The molecule has 2 heterocycles. The summed E-state index contributed by atoms with van der Waals surface area (Å²) in [6.45, 7) is 3.42. The fraction of sp³-hybridized carbons (Fsp3) is 0.857. The molecule has 5 nitrogen and oxygen atoms in total. The number of ether oxygens (including phenoxy) is 1. The Morgan fingerprint density at radius 2 is 2.21 bits per heavy atom. The molecule has 0 saturated carbocycles. The Morgan fingerprint density at radius 3 is 2.79 bits per heavy atom. The number of likely N-dealkylation sites (tertiary alicyclic amines) is 1. The van der Waals surface area contributed by atoms with Crippen LogP contribution in [0.4, 0.5) is 0 Å². The molecule has 108 valence electrons. The number of aliphatic carboxylic acids is 1. The third kappa shape index (κ3) is 3.47. The van der Waals surface area contributed by atoms with Crippen LogP contribution in [-0.4, -0.2) is 47.7 Å². The van der Waals surface area contributed by atoms with Crippen LogP contribution in [0.2, 0.25) is 0 Å². The lowest BCUT2D eigenvalue weighted by molar-refractivity contribution is -0.147. The minimum absolute atomic E-state index is 0.0687. The van der Waals surface area contributed by atoms with E-state index in [9.17, 15) is 9.59 Å². The van der Waals surface area contributed by atoms with E-state index in [2.05, 4.69) is 0 Å². The fourth-order valence-corrected chi connectivity index (χ4v) is 2.83. The van der Waals surface area contributed by atoms with Gasteiger partial charge < -0.3 is 14.7 Å². The number of nitrogens with zero attached hydrogens (tertiary/aromatic N) is 1. The lowest BCUT2D eigenvalue weighted by Crippen LogP contribution is -2.35. The van der Waals surface area contributed by atoms with E-state index in [1.54, 1.807) is 11.8 Å². The quantitative estimate of drug-likeness (QED) is 0.843. The maximum absolute atomic E-state index is 12.1. The van der Waals surface area contributed by atoms with Gasteiger partial charge in [-0.15, -0.1) is 0 Å². The number of carboxylic acid groups (broad SMARTS) is 1. The Balaban J connectivity index is 1.76. The summed E-state index contributed by atoms with van der Waals surface area (Å²) in [6, 6.07) is 0. The predicted octanol–water partition coefficient (Wildman–Crippen LogP) is 1.66. The van der Waals surface area contributed by atoms with Gasteiger partial charge in [-0.2, -0.15) is 0 Å². The smallest absolute Gasteiger partial charge is 0.311 e. The molecule has 5 heteroatoms. The summed E-state index contributed by atoms with van der Waals surface area (Å²) in [4.78, 5) is 24.9. The van der Waals surface area contributed by atoms with Gasteiger partial charge >= 0.3 is 5.97 Å². The molecule has 2 fully saturated rings. The number of hydrogen-bond acceptors (Lipinski definition) is 3. The number of carboxylic acids is 1. The zero-order chi connectivity index (χ0) is 13.9. The first-order chi connectivity index (χ1) is 9.01. The van der Waals surface area contributed by atoms with E-state index in [0.717, 1.165) is 25.9 Å². The standard InChI is InChI=1S/C14H23NO4/c1-14(13(17)18)7-8-15(10-14)12(16)6-5-11-4-2-3-9-19-11/h11H,2-10H2,1H3,(H,17,18)/t11-,14-/m1/s1. The Kier molecular flexibility index (Phi) is 4.45. The minimum atomic E-state index is -0.807. The van der Waals surface area contributed by atoms with E-state index in [4.69, 9.17) is 9.84 Å². The molecule has 0 aromatic heterocycles. The van der Waals surface area contributed by atoms with Crippen molar-refractivity contribution in [3.8, 4) is 0 Å². The van der Waals surface area contributed by atoms with Crippen LogP contribution in [0.25, 0.3) is 0 Å². The molecular formula is C14H23NO4. The van der Waals surface area contributed by atoms with Gasteiger partial charge in [0, 0.05) is 26.1 Å². The Hall–Kier alpha value is -1.10. The van der Waals surface area contributed by atoms with Gasteiger partial charge in [-0.3, -0.25) is 9.59 Å². The summed E-state index contributed by atoms with van der Waals surface area (Å²) in [5.41, 5.74) is -0.767. The lowest BCUT2D eigenvalue weighted by Gasteiger charge is -2.24. The molecule has 2 aliphatic rings. The normalized spacial score (nSPS) is 31.4. The van der Waals surface area contributed by atoms with Crippen molar-refractivity contribution in [3.05, 3.63) is 0 Å². The molecule has 1 N–H and O–H groups in total. The minimum Gasteiger partial charge on any atom is -0.481 e. The van der Waals surface area contributed by atoms with E-state index < -0.39 is 11.4 Å². The molecule has 2 aliphatic heterocycles. The average Bonchev–Trinajstić information content (AvgIpc) is 2.81. The van der Waals surface area contributed by atoms with E-state index in [0.29, 0.717) is 25.9 Å². The highest BCUT2D eigenvalue weighted by molar-refractivity contribution is 5.80. The molecule has 1 amide bonds. The van der Waals surface area contributed by atoms with Crippen LogP contribution in [0.5, 0.6) is 0 Å². The van der Waals surface area contributed by atoms with Gasteiger partial charge in [0.1, 0.15) is 0 Å². The number of amides is 1. The van der Waals surface area contributed by atoms with Gasteiger partial charge in [-0.25, -0.2) is 0 Å².